The van der Waals surface area contributed by atoms with Gasteiger partial charge in [0.1, 0.15) is 0 Å². The van der Waals surface area contributed by atoms with Gasteiger partial charge in [0, 0.05) is 19.6 Å². The molecule has 1 atom stereocenters. The quantitative estimate of drug-likeness (QED) is 0.557. The Morgan fingerprint density at radius 2 is 2.24 bits per heavy atom. The Morgan fingerprint density at radius 1 is 1.35 bits per heavy atom. The Morgan fingerprint density at radius 3 is 2.94 bits per heavy atom. The van der Waals surface area contributed by atoms with Crippen LogP contribution in [0, 0.1) is 5.92 Å². The third-order valence-corrected chi connectivity index (χ3v) is 3.34. The van der Waals surface area contributed by atoms with Crippen LogP contribution in [0.1, 0.15) is 44.9 Å². The molecule has 17 heavy (non-hydrogen) atoms. The first-order chi connectivity index (χ1) is 8.33. The van der Waals surface area contributed by atoms with Gasteiger partial charge in [-0.1, -0.05) is 0 Å². The Hall–Kier alpha value is -0.610. The molecule has 100 valence electrons. The van der Waals surface area contributed by atoms with Crippen molar-refractivity contribution in [2.24, 2.45) is 5.92 Å². The Bertz CT molecular complexity index is 204. The number of hydrogen-bond donors (Lipinski definition) is 3. The highest BCUT2D eigenvalue weighted by Gasteiger charge is 2.13. The number of aliphatic hydroxyl groups is 1. The summed E-state index contributed by atoms with van der Waals surface area (Å²) in [6, 6.07) is 0. The molecule has 0 aliphatic carbocycles. The van der Waals surface area contributed by atoms with Gasteiger partial charge in [0.25, 0.3) is 0 Å². The minimum atomic E-state index is 0.180. The summed E-state index contributed by atoms with van der Waals surface area (Å²) in [6.45, 7) is 3.21. The van der Waals surface area contributed by atoms with Crippen molar-refractivity contribution in [3.05, 3.63) is 0 Å². The second-order valence-corrected chi connectivity index (χ2v) is 4.89. The van der Waals surface area contributed by atoms with Gasteiger partial charge in [-0.3, -0.25) is 4.79 Å². The molecule has 0 aromatic carbocycles. The zero-order chi connectivity index (χ0) is 12.3. The van der Waals surface area contributed by atoms with E-state index in [1.165, 1.54) is 12.8 Å². The smallest absolute Gasteiger partial charge is 0.220 e. The fourth-order valence-electron chi connectivity index (χ4n) is 2.24. The monoisotopic (exact) mass is 242 g/mol. The van der Waals surface area contributed by atoms with Gasteiger partial charge >= 0.3 is 0 Å². The van der Waals surface area contributed by atoms with Gasteiger partial charge in [-0.15, -0.1) is 0 Å². The molecular weight excluding hydrogens is 216 g/mol. The predicted molar refractivity (Wildman–Crippen MR) is 68.8 cm³/mol. The standard InChI is InChI=1S/C13H26N2O2/c16-10-3-1-2-9-15-13(17)7-6-12-5-4-8-14-11-12/h12,14,16H,1-11H2,(H,15,17). The summed E-state index contributed by atoms with van der Waals surface area (Å²) in [4.78, 5) is 11.5. The molecule has 0 aromatic rings. The number of carbonyl (C=O) groups is 1. The van der Waals surface area contributed by atoms with E-state index in [-0.39, 0.29) is 12.5 Å². The zero-order valence-corrected chi connectivity index (χ0v) is 10.7. The van der Waals surface area contributed by atoms with Crippen LogP contribution in [0.5, 0.6) is 0 Å². The molecule has 1 unspecified atom stereocenters. The minimum Gasteiger partial charge on any atom is -0.396 e. The third-order valence-electron chi connectivity index (χ3n) is 3.34. The molecule has 1 aliphatic heterocycles. The van der Waals surface area contributed by atoms with E-state index in [4.69, 9.17) is 5.11 Å². The van der Waals surface area contributed by atoms with Crippen LogP contribution in [0.25, 0.3) is 0 Å². The number of rotatable bonds is 8. The lowest BCUT2D eigenvalue weighted by molar-refractivity contribution is -0.121. The number of piperidine rings is 1. The van der Waals surface area contributed by atoms with Crippen molar-refractivity contribution in [3.8, 4) is 0 Å². The number of amides is 1. The van der Waals surface area contributed by atoms with Crippen molar-refractivity contribution in [1.29, 1.82) is 0 Å². The molecule has 1 amide bonds. The van der Waals surface area contributed by atoms with E-state index in [0.29, 0.717) is 12.3 Å². The lowest BCUT2D eigenvalue weighted by Crippen LogP contribution is -2.31. The maximum Gasteiger partial charge on any atom is 0.220 e. The van der Waals surface area contributed by atoms with Gasteiger partial charge in [-0.05, 0) is 57.5 Å². The predicted octanol–water partition coefficient (Wildman–Crippen LogP) is 1.04. The van der Waals surface area contributed by atoms with E-state index in [9.17, 15) is 4.79 Å². The molecule has 1 aliphatic rings. The van der Waals surface area contributed by atoms with Gasteiger partial charge in [-0.2, -0.15) is 0 Å². The molecule has 0 aromatic heterocycles. The summed E-state index contributed by atoms with van der Waals surface area (Å²) in [5.74, 6) is 0.864. The van der Waals surface area contributed by atoms with Crippen molar-refractivity contribution in [2.75, 3.05) is 26.2 Å². The first-order valence-corrected chi connectivity index (χ1v) is 6.91. The van der Waals surface area contributed by atoms with Gasteiger partial charge in [0.15, 0.2) is 0 Å². The second-order valence-electron chi connectivity index (χ2n) is 4.89. The van der Waals surface area contributed by atoms with Crippen molar-refractivity contribution in [2.45, 2.75) is 44.9 Å². The van der Waals surface area contributed by atoms with Gasteiger partial charge in [0.05, 0.1) is 0 Å². The molecular formula is C13H26N2O2. The van der Waals surface area contributed by atoms with E-state index in [0.717, 1.165) is 45.3 Å². The molecule has 0 saturated carbocycles. The number of carbonyl (C=O) groups excluding carboxylic acids is 1. The maximum atomic E-state index is 11.5. The summed E-state index contributed by atoms with van der Waals surface area (Å²) in [7, 11) is 0. The SMILES string of the molecule is O=C(CCC1CCCNC1)NCCCCCO. The van der Waals surface area contributed by atoms with Crippen molar-refractivity contribution >= 4 is 5.91 Å². The minimum absolute atomic E-state index is 0.180. The third kappa shape index (κ3) is 7.34. The summed E-state index contributed by atoms with van der Waals surface area (Å²) in [5, 5.41) is 14.9. The number of hydrogen-bond acceptors (Lipinski definition) is 3. The molecule has 4 nitrogen and oxygen atoms in total. The van der Waals surface area contributed by atoms with Crippen LogP contribution in [0.2, 0.25) is 0 Å². The van der Waals surface area contributed by atoms with Crippen molar-refractivity contribution in [1.82, 2.24) is 10.6 Å². The van der Waals surface area contributed by atoms with Crippen LogP contribution in [0.3, 0.4) is 0 Å². The average Bonchev–Trinajstić information content (AvgIpc) is 2.37. The van der Waals surface area contributed by atoms with E-state index in [2.05, 4.69) is 10.6 Å². The van der Waals surface area contributed by atoms with E-state index in [1.54, 1.807) is 0 Å². The molecule has 1 saturated heterocycles. The molecule has 1 fully saturated rings. The summed E-state index contributed by atoms with van der Waals surface area (Å²) >= 11 is 0. The van der Waals surface area contributed by atoms with E-state index >= 15 is 0 Å². The molecule has 0 radical (unpaired) electrons. The summed E-state index contributed by atoms with van der Waals surface area (Å²) < 4.78 is 0. The molecule has 4 heteroatoms. The number of aliphatic hydroxyl groups excluding tert-OH is 1. The van der Waals surface area contributed by atoms with Gasteiger partial charge < -0.3 is 15.7 Å². The topological polar surface area (TPSA) is 61.4 Å². The average molecular weight is 242 g/mol. The van der Waals surface area contributed by atoms with Crippen LogP contribution in [-0.4, -0.2) is 37.3 Å². The van der Waals surface area contributed by atoms with Crippen LogP contribution in [-0.2, 0) is 4.79 Å². The second kappa shape index (κ2) is 9.42. The molecule has 3 N–H and O–H groups in total. The number of unbranched alkanes of at least 4 members (excludes halogenated alkanes) is 2. The molecule has 1 rings (SSSR count). The summed E-state index contributed by atoms with van der Waals surface area (Å²) in [6.07, 6.45) is 6.97. The zero-order valence-electron chi connectivity index (χ0n) is 10.7. The first kappa shape index (κ1) is 14.5. The van der Waals surface area contributed by atoms with Gasteiger partial charge in [-0.25, -0.2) is 0 Å². The molecule has 1 heterocycles. The van der Waals surface area contributed by atoms with E-state index < -0.39 is 0 Å². The normalized spacial score (nSPS) is 20.2. The highest BCUT2D eigenvalue weighted by atomic mass is 16.2. The molecule has 0 bridgehead atoms. The summed E-state index contributed by atoms with van der Waals surface area (Å²) in [5.41, 5.74) is 0. The Balaban J connectivity index is 1.93. The van der Waals surface area contributed by atoms with Crippen LogP contribution >= 0.6 is 0 Å². The van der Waals surface area contributed by atoms with Crippen LogP contribution < -0.4 is 10.6 Å². The van der Waals surface area contributed by atoms with Crippen LogP contribution in [0.15, 0.2) is 0 Å². The van der Waals surface area contributed by atoms with Crippen molar-refractivity contribution in [3.63, 3.8) is 0 Å². The maximum absolute atomic E-state index is 11.5. The fourth-order valence-corrected chi connectivity index (χ4v) is 2.24. The largest absolute Gasteiger partial charge is 0.396 e. The molecule has 0 spiro atoms. The fraction of sp³-hybridized carbons (Fsp3) is 0.923. The van der Waals surface area contributed by atoms with Crippen molar-refractivity contribution < 1.29 is 9.90 Å². The first-order valence-electron chi connectivity index (χ1n) is 6.91. The Labute approximate surface area is 104 Å². The Kier molecular flexibility index (Phi) is 8.01. The lowest BCUT2D eigenvalue weighted by Gasteiger charge is -2.22. The highest BCUT2D eigenvalue weighted by molar-refractivity contribution is 5.75. The van der Waals surface area contributed by atoms with Gasteiger partial charge in [0.2, 0.25) is 5.91 Å². The van der Waals surface area contributed by atoms with E-state index in [1.807, 2.05) is 0 Å². The van der Waals surface area contributed by atoms with Crippen LogP contribution in [0.4, 0.5) is 0 Å². The lowest BCUT2D eigenvalue weighted by atomic mass is 9.94. The number of nitrogens with one attached hydrogen (secondary N) is 2. The highest BCUT2D eigenvalue weighted by Crippen LogP contribution is 2.15.